The monoisotopic (exact) mass is 418 g/mol. The second-order valence-corrected chi connectivity index (χ2v) is 8.58. The van der Waals surface area contributed by atoms with E-state index in [0.717, 1.165) is 63.1 Å². The lowest BCUT2D eigenvalue weighted by Gasteiger charge is -2.21. The highest BCUT2D eigenvalue weighted by atomic mass is 32.2. The predicted molar refractivity (Wildman–Crippen MR) is 107 cm³/mol. The van der Waals surface area contributed by atoms with Gasteiger partial charge >= 0.3 is 11.9 Å². The van der Waals surface area contributed by atoms with Gasteiger partial charge in [-0.1, -0.05) is 38.5 Å². The molecule has 0 aromatic rings. The van der Waals surface area contributed by atoms with E-state index in [0.29, 0.717) is 6.42 Å². The molecule has 0 bridgehead atoms. The highest BCUT2D eigenvalue weighted by Crippen LogP contribution is 2.22. The summed E-state index contributed by atoms with van der Waals surface area (Å²) < 4.78 is 9.94. The molecule has 0 spiro atoms. The van der Waals surface area contributed by atoms with E-state index in [1.54, 1.807) is 0 Å². The van der Waals surface area contributed by atoms with Crippen LogP contribution in [0.2, 0.25) is 0 Å². The van der Waals surface area contributed by atoms with Gasteiger partial charge in [0.05, 0.1) is 13.2 Å². The number of thioether (sulfide) groups is 1. The van der Waals surface area contributed by atoms with Gasteiger partial charge in [-0.05, 0) is 26.2 Å². The van der Waals surface area contributed by atoms with Crippen molar-refractivity contribution in [3.63, 3.8) is 0 Å². The summed E-state index contributed by atoms with van der Waals surface area (Å²) in [4.78, 5) is 36.3. The molecule has 0 aromatic carbocycles. The fourth-order valence-electron chi connectivity index (χ4n) is 3.09. The number of Topliss-reactive ketones (excluding diaryl/α,β-unsaturated/α-hetero) is 1. The van der Waals surface area contributed by atoms with Crippen molar-refractivity contribution in [3.05, 3.63) is 0 Å². The van der Waals surface area contributed by atoms with Gasteiger partial charge in [0.1, 0.15) is 11.4 Å². The Bertz CT molecular complexity index is 497. The van der Waals surface area contributed by atoms with Gasteiger partial charge in [-0.3, -0.25) is 9.59 Å². The van der Waals surface area contributed by atoms with Crippen molar-refractivity contribution in [2.45, 2.75) is 94.7 Å². The van der Waals surface area contributed by atoms with E-state index in [4.69, 9.17) is 4.74 Å². The number of aliphatic hydroxyl groups is 2. The first-order valence-electron chi connectivity index (χ1n) is 10.1. The molecular formula is C20H34O7S. The number of aliphatic hydroxyl groups excluding tert-OH is 2. The average molecular weight is 419 g/mol. The predicted octanol–water partition coefficient (Wildman–Crippen LogP) is 2.40. The maximum Gasteiger partial charge on any atom is 0.335 e. The first-order chi connectivity index (χ1) is 13.3. The summed E-state index contributed by atoms with van der Waals surface area (Å²) in [5.74, 6) is -1.86. The minimum absolute atomic E-state index is 0.0931. The Hall–Kier alpha value is -1.12. The van der Waals surface area contributed by atoms with Crippen molar-refractivity contribution >= 4 is 29.5 Å². The van der Waals surface area contributed by atoms with Gasteiger partial charge in [-0.25, -0.2) is 4.79 Å². The molecule has 28 heavy (non-hydrogen) atoms. The molecule has 1 aliphatic heterocycles. The van der Waals surface area contributed by atoms with Crippen LogP contribution in [0.3, 0.4) is 0 Å². The number of esters is 2. The molecule has 8 heteroatoms. The zero-order valence-electron chi connectivity index (χ0n) is 16.9. The molecule has 2 N–H and O–H groups in total. The molecule has 1 unspecified atom stereocenters. The van der Waals surface area contributed by atoms with Crippen LogP contribution < -0.4 is 0 Å². The quantitative estimate of drug-likeness (QED) is 0.670. The summed E-state index contributed by atoms with van der Waals surface area (Å²) >= 11 is 0.975. The van der Waals surface area contributed by atoms with Crippen LogP contribution in [0.4, 0.5) is 0 Å². The molecule has 1 heterocycles. The highest BCUT2D eigenvalue weighted by Gasteiger charge is 2.30. The number of carbonyl (C=O) groups excluding carboxylic acids is 3. The van der Waals surface area contributed by atoms with Crippen LogP contribution in [0, 0.1) is 0 Å². The normalized spacial score (nSPS) is 27.6. The molecule has 0 saturated carbocycles. The van der Waals surface area contributed by atoms with E-state index in [9.17, 15) is 24.6 Å². The largest absolute Gasteiger partial charge is 0.467 e. The van der Waals surface area contributed by atoms with Crippen LogP contribution >= 0.6 is 11.8 Å². The third kappa shape index (κ3) is 9.89. The van der Waals surface area contributed by atoms with Crippen LogP contribution in [0.5, 0.6) is 0 Å². The van der Waals surface area contributed by atoms with Crippen LogP contribution in [0.25, 0.3) is 0 Å². The van der Waals surface area contributed by atoms with Crippen molar-refractivity contribution in [2.24, 2.45) is 0 Å². The van der Waals surface area contributed by atoms with Crippen molar-refractivity contribution < 1.29 is 34.1 Å². The first-order valence-corrected chi connectivity index (χ1v) is 11.2. The van der Waals surface area contributed by atoms with Crippen LogP contribution in [-0.4, -0.2) is 64.4 Å². The standard InChI is InChI=1S/C20H34O7S/c1-14-10-8-6-4-3-5-7-9-11-15(21)16(22)12-18(20(25)27-14)28-13-17(23)19(24)26-2/h14-15,17-18,21,23H,3-13H2,1-2H3/t14-,15+,17?,18-/m1/s1. The van der Waals surface area contributed by atoms with Gasteiger partial charge in [0.2, 0.25) is 0 Å². The van der Waals surface area contributed by atoms with Crippen molar-refractivity contribution in [1.82, 2.24) is 0 Å². The summed E-state index contributed by atoms with van der Waals surface area (Å²) in [6.45, 7) is 1.82. The maximum atomic E-state index is 12.5. The lowest BCUT2D eigenvalue weighted by Crippen LogP contribution is -2.33. The van der Waals surface area contributed by atoms with E-state index >= 15 is 0 Å². The minimum atomic E-state index is -1.39. The van der Waals surface area contributed by atoms with E-state index in [1.807, 2.05) is 6.92 Å². The molecule has 1 aliphatic rings. The van der Waals surface area contributed by atoms with Crippen LogP contribution in [0.1, 0.15) is 71.1 Å². The summed E-state index contributed by atoms with van der Waals surface area (Å²) in [5.41, 5.74) is 0. The molecule has 4 atom stereocenters. The molecule has 1 rings (SSSR count). The number of ketones is 1. The minimum Gasteiger partial charge on any atom is -0.467 e. The number of methoxy groups -OCH3 is 1. The molecule has 0 aliphatic carbocycles. The van der Waals surface area contributed by atoms with Crippen molar-refractivity contribution in [1.29, 1.82) is 0 Å². The number of hydrogen-bond donors (Lipinski definition) is 2. The zero-order valence-corrected chi connectivity index (χ0v) is 17.7. The maximum absolute atomic E-state index is 12.5. The molecule has 0 amide bonds. The topological polar surface area (TPSA) is 110 Å². The molecular weight excluding hydrogens is 384 g/mol. The van der Waals surface area contributed by atoms with Gasteiger partial charge in [0, 0.05) is 12.2 Å². The second kappa shape index (κ2) is 14.0. The molecule has 0 aromatic heterocycles. The zero-order chi connectivity index (χ0) is 20.9. The summed E-state index contributed by atoms with van der Waals surface area (Å²) in [5, 5.41) is 19.0. The van der Waals surface area contributed by atoms with Crippen LogP contribution in [-0.2, 0) is 23.9 Å². The third-order valence-corrected chi connectivity index (χ3v) is 6.12. The number of ether oxygens (including phenoxy) is 2. The van der Waals surface area contributed by atoms with E-state index in [1.165, 1.54) is 7.11 Å². The molecule has 162 valence electrons. The Kier molecular flexibility index (Phi) is 12.4. The van der Waals surface area contributed by atoms with Gasteiger partial charge in [0.25, 0.3) is 0 Å². The number of rotatable bonds is 4. The van der Waals surface area contributed by atoms with Crippen LogP contribution in [0.15, 0.2) is 0 Å². The first kappa shape index (κ1) is 24.9. The molecule has 1 saturated heterocycles. The Morgan fingerprint density at radius 2 is 1.71 bits per heavy atom. The highest BCUT2D eigenvalue weighted by molar-refractivity contribution is 8.00. The fraction of sp³-hybridized carbons (Fsp3) is 0.850. The number of carbonyl (C=O) groups is 3. The fourth-order valence-corrected chi connectivity index (χ4v) is 4.11. The summed E-state index contributed by atoms with van der Waals surface area (Å²) in [7, 11) is 1.17. The van der Waals surface area contributed by atoms with Gasteiger partial charge in [-0.2, -0.15) is 0 Å². The Labute approximate surface area is 171 Å². The van der Waals surface area contributed by atoms with E-state index in [2.05, 4.69) is 4.74 Å². The van der Waals surface area contributed by atoms with Gasteiger partial charge in [0.15, 0.2) is 11.9 Å². The number of cyclic esters (lactones) is 1. The Balaban J connectivity index is 2.76. The molecule has 0 radical (unpaired) electrons. The SMILES string of the molecule is COC(=O)C(O)CS[C@@H]1CC(=O)[C@@H](O)CCCCCCCCC[C@@H](C)OC1=O. The van der Waals surface area contributed by atoms with Gasteiger partial charge in [-0.15, -0.1) is 11.8 Å². The Morgan fingerprint density at radius 3 is 2.32 bits per heavy atom. The van der Waals surface area contributed by atoms with Crippen molar-refractivity contribution in [2.75, 3.05) is 12.9 Å². The van der Waals surface area contributed by atoms with Gasteiger partial charge < -0.3 is 19.7 Å². The number of hydrogen-bond acceptors (Lipinski definition) is 8. The second-order valence-electron chi connectivity index (χ2n) is 7.35. The van der Waals surface area contributed by atoms with E-state index < -0.39 is 35.2 Å². The Morgan fingerprint density at radius 1 is 1.14 bits per heavy atom. The lowest BCUT2D eigenvalue weighted by atomic mass is 10.0. The van der Waals surface area contributed by atoms with E-state index in [-0.39, 0.29) is 18.3 Å². The van der Waals surface area contributed by atoms with Crippen molar-refractivity contribution in [3.8, 4) is 0 Å². The summed E-state index contributed by atoms with van der Waals surface area (Å²) in [6.07, 6.45) is 5.36. The molecule has 1 fully saturated rings. The summed E-state index contributed by atoms with van der Waals surface area (Å²) in [6, 6.07) is 0. The molecule has 7 nitrogen and oxygen atoms in total. The third-order valence-electron chi connectivity index (χ3n) is 4.86. The smallest absolute Gasteiger partial charge is 0.335 e. The average Bonchev–Trinajstić information content (AvgIpc) is 2.67. The lowest BCUT2D eigenvalue weighted by molar-refractivity contribution is -0.150.